The highest BCUT2D eigenvalue weighted by atomic mass is 32.2. The SMILES string of the molecule is CN1CCN(c2ccc(-c3cccc4c(F)c(C5(C)CS(=O)(=O)N(C)C(N)=N5)sc34)cc2)CC1. The zero-order valence-electron chi connectivity index (χ0n) is 19.5. The number of rotatable bonds is 3. The number of aliphatic imine (C=N–C) groups is 1. The van der Waals surface area contributed by atoms with Crippen molar-refractivity contribution in [1.29, 1.82) is 0 Å². The third-order valence-corrected chi connectivity index (χ3v) is 10.2. The van der Waals surface area contributed by atoms with Crippen LogP contribution < -0.4 is 10.6 Å². The fraction of sp³-hybridized carbons (Fsp3) is 0.375. The fourth-order valence-corrected chi connectivity index (χ4v) is 7.48. The summed E-state index contributed by atoms with van der Waals surface area (Å²) >= 11 is 1.25. The third-order valence-electron chi connectivity index (χ3n) is 6.76. The van der Waals surface area contributed by atoms with Crippen molar-refractivity contribution >= 4 is 43.1 Å². The number of nitrogens with zero attached hydrogens (tertiary/aromatic N) is 4. The van der Waals surface area contributed by atoms with E-state index >= 15 is 4.39 Å². The first kappa shape index (κ1) is 23.1. The van der Waals surface area contributed by atoms with Crippen molar-refractivity contribution in [2.24, 2.45) is 10.7 Å². The highest BCUT2D eigenvalue weighted by Crippen LogP contribution is 2.44. The van der Waals surface area contributed by atoms with E-state index in [1.54, 1.807) is 13.0 Å². The molecule has 1 atom stereocenters. The molecule has 2 aliphatic heterocycles. The summed E-state index contributed by atoms with van der Waals surface area (Å²) in [6.07, 6.45) is 0. The van der Waals surface area contributed by atoms with Crippen LogP contribution in [0.3, 0.4) is 0 Å². The van der Waals surface area contributed by atoms with Gasteiger partial charge in [0.05, 0.1) is 10.6 Å². The molecule has 3 heterocycles. The Morgan fingerprint density at radius 2 is 1.74 bits per heavy atom. The van der Waals surface area contributed by atoms with E-state index < -0.39 is 21.4 Å². The molecular weight excluding hydrogens is 473 g/mol. The van der Waals surface area contributed by atoms with E-state index in [1.807, 2.05) is 12.1 Å². The smallest absolute Gasteiger partial charge is 0.239 e. The van der Waals surface area contributed by atoms with Gasteiger partial charge in [-0.2, -0.15) is 0 Å². The summed E-state index contributed by atoms with van der Waals surface area (Å²) in [5.74, 6) is -0.907. The van der Waals surface area contributed by atoms with Crippen molar-refractivity contribution in [2.45, 2.75) is 12.5 Å². The van der Waals surface area contributed by atoms with Crippen molar-refractivity contribution in [3.63, 3.8) is 0 Å². The average Bonchev–Trinajstić information content (AvgIpc) is 3.15. The zero-order chi connectivity index (χ0) is 24.3. The van der Waals surface area contributed by atoms with Crippen LogP contribution in [0.5, 0.6) is 0 Å². The largest absolute Gasteiger partial charge is 0.369 e. The number of halogens is 1. The molecule has 3 aromatic rings. The van der Waals surface area contributed by atoms with Gasteiger partial charge in [-0.15, -0.1) is 11.3 Å². The van der Waals surface area contributed by atoms with Crippen molar-refractivity contribution in [1.82, 2.24) is 9.21 Å². The highest BCUT2D eigenvalue weighted by molar-refractivity contribution is 7.89. The van der Waals surface area contributed by atoms with Crippen LogP contribution in [0.1, 0.15) is 11.8 Å². The van der Waals surface area contributed by atoms with Crippen LogP contribution in [-0.2, 0) is 15.6 Å². The third kappa shape index (κ3) is 3.83. The molecule has 5 rings (SSSR count). The number of sulfonamides is 1. The minimum Gasteiger partial charge on any atom is -0.369 e. The number of benzene rings is 2. The van der Waals surface area contributed by atoms with E-state index in [0.717, 1.165) is 46.3 Å². The maximum Gasteiger partial charge on any atom is 0.239 e. The molecule has 7 nitrogen and oxygen atoms in total. The standard InChI is InChI=1S/C24H28FN5O2S2/c1-24(15-34(31,32)29(3)23(26)27-24)22-20(25)19-6-4-5-18(21(19)33-22)16-7-9-17(10-8-16)30-13-11-28(2)12-14-30/h4-10H,11-15H2,1-3H3,(H2,26,27). The lowest BCUT2D eigenvalue weighted by molar-refractivity contribution is 0.313. The summed E-state index contributed by atoms with van der Waals surface area (Å²) in [6, 6.07) is 13.9. The molecule has 0 spiro atoms. The van der Waals surface area contributed by atoms with Crippen LogP contribution in [0.25, 0.3) is 21.2 Å². The monoisotopic (exact) mass is 501 g/mol. The number of fused-ring (bicyclic) bond motifs is 1. The molecule has 0 amide bonds. The van der Waals surface area contributed by atoms with Gasteiger partial charge in [0.1, 0.15) is 11.4 Å². The molecule has 1 unspecified atom stereocenters. The number of anilines is 1. The fourth-order valence-electron chi connectivity index (χ4n) is 4.65. The van der Waals surface area contributed by atoms with Gasteiger partial charge >= 0.3 is 0 Å². The Hall–Kier alpha value is -2.69. The maximum absolute atomic E-state index is 15.7. The number of likely N-dealkylation sites (N-methyl/N-ethyl adjacent to an activating group) is 1. The first-order valence-electron chi connectivity index (χ1n) is 11.2. The quantitative estimate of drug-likeness (QED) is 0.596. The second-order valence-corrected chi connectivity index (χ2v) is 12.3. The zero-order valence-corrected chi connectivity index (χ0v) is 21.1. The van der Waals surface area contributed by atoms with Gasteiger partial charge in [0.2, 0.25) is 16.0 Å². The van der Waals surface area contributed by atoms with Gasteiger partial charge in [0.15, 0.2) is 0 Å². The molecule has 0 aliphatic carbocycles. The molecule has 10 heteroatoms. The molecule has 180 valence electrons. The van der Waals surface area contributed by atoms with Crippen LogP contribution in [-0.4, -0.2) is 69.6 Å². The normalized spacial score (nSPS) is 23.4. The van der Waals surface area contributed by atoms with Gasteiger partial charge < -0.3 is 15.5 Å². The maximum atomic E-state index is 15.7. The molecule has 1 fully saturated rings. The number of hydrogen-bond acceptors (Lipinski definition) is 7. The van der Waals surface area contributed by atoms with E-state index in [1.165, 1.54) is 24.1 Å². The topological polar surface area (TPSA) is 82.2 Å². The lowest BCUT2D eigenvalue weighted by Crippen LogP contribution is -2.50. The summed E-state index contributed by atoms with van der Waals surface area (Å²) in [6.45, 7) is 5.68. The highest BCUT2D eigenvalue weighted by Gasteiger charge is 2.43. The van der Waals surface area contributed by atoms with Gasteiger partial charge in [-0.3, -0.25) is 0 Å². The van der Waals surface area contributed by atoms with Gasteiger partial charge in [0, 0.05) is 49.0 Å². The molecule has 2 aromatic carbocycles. The molecule has 2 N–H and O–H groups in total. The molecule has 0 bridgehead atoms. The van der Waals surface area contributed by atoms with Gasteiger partial charge in [-0.25, -0.2) is 22.1 Å². The number of nitrogens with two attached hydrogens (primary N) is 1. The summed E-state index contributed by atoms with van der Waals surface area (Å²) in [5, 5.41) is 0.465. The van der Waals surface area contributed by atoms with Gasteiger partial charge in [-0.1, -0.05) is 30.3 Å². The van der Waals surface area contributed by atoms with Crippen LogP contribution in [0.2, 0.25) is 0 Å². The van der Waals surface area contributed by atoms with Gasteiger partial charge in [-0.05, 0) is 37.2 Å². The first-order valence-corrected chi connectivity index (χ1v) is 13.6. The van der Waals surface area contributed by atoms with E-state index in [4.69, 9.17) is 5.73 Å². The summed E-state index contributed by atoms with van der Waals surface area (Å²) < 4.78 is 42.6. The summed E-state index contributed by atoms with van der Waals surface area (Å²) in [5.41, 5.74) is 7.68. The molecule has 2 aliphatic rings. The van der Waals surface area contributed by atoms with Crippen LogP contribution in [0, 0.1) is 5.82 Å². The minimum absolute atomic E-state index is 0.134. The van der Waals surface area contributed by atoms with Crippen molar-refractivity contribution < 1.29 is 12.8 Å². The Kier molecular flexibility index (Phi) is 5.57. The molecular formula is C24H28FN5O2S2. The predicted molar refractivity (Wildman–Crippen MR) is 137 cm³/mol. The Labute approximate surface area is 203 Å². The number of thiophene rings is 1. The number of hydrogen-bond donors (Lipinski definition) is 1. The average molecular weight is 502 g/mol. The Bertz CT molecular complexity index is 1380. The molecule has 0 saturated carbocycles. The number of guanidine groups is 1. The lowest BCUT2D eigenvalue weighted by atomic mass is 10.0. The van der Waals surface area contributed by atoms with Crippen molar-refractivity contribution in [2.75, 3.05) is 50.9 Å². The second-order valence-electron chi connectivity index (χ2n) is 9.23. The van der Waals surface area contributed by atoms with Crippen molar-refractivity contribution in [3.05, 3.63) is 53.2 Å². The Balaban J connectivity index is 1.55. The predicted octanol–water partition coefficient (Wildman–Crippen LogP) is 3.26. The minimum atomic E-state index is -3.69. The van der Waals surface area contributed by atoms with Crippen LogP contribution in [0.4, 0.5) is 10.1 Å². The van der Waals surface area contributed by atoms with Crippen LogP contribution >= 0.6 is 11.3 Å². The molecule has 34 heavy (non-hydrogen) atoms. The van der Waals surface area contributed by atoms with E-state index in [-0.39, 0.29) is 16.6 Å². The Morgan fingerprint density at radius 3 is 2.38 bits per heavy atom. The summed E-state index contributed by atoms with van der Waals surface area (Å²) in [4.78, 5) is 9.37. The Morgan fingerprint density at radius 1 is 1.06 bits per heavy atom. The molecule has 1 saturated heterocycles. The second kappa shape index (κ2) is 8.21. The van der Waals surface area contributed by atoms with E-state index in [9.17, 15) is 8.42 Å². The van der Waals surface area contributed by atoms with Gasteiger partial charge in [0.25, 0.3) is 0 Å². The van der Waals surface area contributed by atoms with Crippen LogP contribution in [0.15, 0.2) is 47.5 Å². The van der Waals surface area contributed by atoms with Crippen molar-refractivity contribution in [3.8, 4) is 11.1 Å². The number of piperazine rings is 1. The molecule has 0 radical (unpaired) electrons. The summed E-state index contributed by atoms with van der Waals surface area (Å²) in [7, 11) is -0.196. The first-order chi connectivity index (χ1) is 16.1. The lowest BCUT2D eigenvalue weighted by Gasteiger charge is -2.34. The van der Waals surface area contributed by atoms with E-state index in [2.05, 4.69) is 46.1 Å². The van der Waals surface area contributed by atoms with E-state index in [0.29, 0.717) is 5.39 Å². The molecule has 1 aromatic heterocycles.